The lowest BCUT2D eigenvalue weighted by Gasteiger charge is -2.21. The molecule has 0 saturated carbocycles. The maximum absolute atomic E-state index is 13.4. The molecule has 2 atom stereocenters. The second-order valence-electron chi connectivity index (χ2n) is 6.23. The maximum Gasteiger partial charge on any atom is 0.324 e. The first-order chi connectivity index (χ1) is 10.9. The van der Waals surface area contributed by atoms with Crippen LogP contribution in [0.15, 0.2) is 12.1 Å². The van der Waals surface area contributed by atoms with Crippen molar-refractivity contribution >= 4 is 5.91 Å². The Hall–Kier alpha value is -1.63. The molecule has 1 fully saturated rings. The van der Waals surface area contributed by atoms with E-state index in [9.17, 15) is 22.4 Å². The molecule has 126 valence electrons. The third-order valence-electron chi connectivity index (χ3n) is 4.58. The molecule has 1 heterocycles. The van der Waals surface area contributed by atoms with Gasteiger partial charge >= 0.3 is 5.92 Å². The summed E-state index contributed by atoms with van der Waals surface area (Å²) in [5, 5.41) is 5.53. The summed E-state index contributed by atoms with van der Waals surface area (Å²) in [6.07, 6.45) is 1.62. The minimum absolute atomic E-state index is 0.152. The largest absolute Gasteiger partial charge is 0.347 e. The lowest BCUT2D eigenvalue weighted by Crippen LogP contribution is -2.46. The summed E-state index contributed by atoms with van der Waals surface area (Å²) in [6.45, 7) is 0.324. The maximum atomic E-state index is 13.4. The first kappa shape index (κ1) is 16.2. The van der Waals surface area contributed by atoms with Crippen molar-refractivity contribution in [1.82, 2.24) is 10.6 Å². The molecule has 0 spiro atoms. The normalized spacial score (nSPS) is 26.5. The van der Waals surface area contributed by atoms with Gasteiger partial charge in [0.15, 0.2) is 11.6 Å². The summed E-state index contributed by atoms with van der Waals surface area (Å²) in [5.41, 5.74) is 1.46. The van der Waals surface area contributed by atoms with Crippen LogP contribution in [0, 0.1) is 11.6 Å². The van der Waals surface area contributed by atoms with E-state index < -0.39 is 29.9 Å². The highest BCUT2D eigenvalue weighted by Gasteiger charge is 2.41. The number of nitrogens with one attached hydrogen (secondary N) is 2. The fraction of sp³-hybridized carbons (Fsp3) is 0.562. The Bertz CT molecular complexity index is 620. The van der Waals surface area contributed by atoms with Crippen LogP contribution < -0.4 is 10.6 Å². The first-order valence-corrected chi connectivity index (χ1v) is 7.77. The molecular formula is C16H18F4N2O. The zero-order valence-corrected chi connectivity index (χ0v) is 12.5. The summed E-state index contributed by atoms with van der Waals surface area (Å²) < 4.78 is 53.3. The molecule has 1 aliphatic heterocycles. The Labute approximate surface area is 131 Å². The zero-order chi connectivity index (χ0) is 16.6. The predicted molar refractivity (Wildman–Crippen MR) is 76.2 cm³/mol. The third kappa shape index (κ3) is 3.34. The van der Waals surface area contributed by atoms with Crippen molar-refractivity contribution in [2.45, 2.75) is 50.1 Å². The monoisotopic (exact) mass is 330 g/mol. The number of carbonyl (C=O) groups is 1. The number of benzene rings is 1. The predicted octanol–water partition coefficient (Wildman–Crippen LogP) is 2.85. The van der Waals surface area contributed by atoms with Crippen molar-refractivity contribution in [3.8, 4) is 0 Å². The van der Waals surface area contributed by atoms with Gasteiger partial charge in [0.1, 0.15) is 0 Å². The van der Waals surface area contributed by atoms with Crippen LogP contribution >= 0.6 is 0 Å². The molecule has 23 heavy (non-hydrogen) atoms. The van der Waals surface area contributed by atoms with Crippen molar-refractivity contribution in [3.05, 3.63) is 34.9 Å². The highest BCUT2D eigenvalue weighted by molar-refractivity contribution is 5.83. The number of amides is 1. The molecule has 0 radical (unpaired) electrons. The molecule has 1 saturated heterocycles. The van der Waals surface area contributed by atoms with Gasteiger partial charge in [0.05, 0.1) is 0 Å². The summed E-state index contributed by atoms with van der Waals surface area (Å²) in [4.78, 5) is 11.4. The van der Waals surface area contributed by atoms with E-state index in [1.807, 2.05) is 0 Å². The molecular weight excluding hydrogens is 312 g/mol. The van der Waals surface area contributed by atoms with Gasteiger partial charge in [-0.25, -0.2) is 8.78 Å². The van der Waals surface area contributed by atoms with Crippen LogP contribution in [0.5, 0.6) is 0 Å². The van der Waals surface area contributed by atoms with E-state index in [1.54, 1.807) is 0 Å². The SMILES string of the molecule is O=C1NC(CNC2CCc3cc(F)c(F)cc32)CCCC1(F)F. The van der Waals surface area contributed by atoms with Crippen LogP contribution in [0.1, 0.15) is 42.9 Å². The Morgan fingerprint density at radius 3 is 2.74 bits per heavy atom. The molecule has 1 aromatic rings. The molecule has 1 aromatic carbocycles. The minimum atomic E-state index is -3.31. The quantitative estimate of drug-likeness (QED) is 0.837. The number of carbonyl (C=O) groups excluding carboxylic acids is 1. The first-order valence-electron chi connectivity index (χ1n) is 7.77. The van der Waals surface area contributed by atoms with Gasteiger partial charge in [-0.05, 0) is 48.9 Å². The van der Waals surface area contributed by atoms with Gasteiger partial charge in [0.25, 0.3) is 5.91 Å². The van der Waals surface area contributed by atoms with Crippen LogP contribution in [0.2, 0.25) is 0 Å². The smallest absolute Gasteiger partial charge is 0.324 e. The molecule has 2 aliphatic rings. The van der Waals surface area contributed by atoms with E-state index in [2.05, 4.69) is 10.6 Å². The van der Waals surface area contributed by atoms with Crippen molar-refractivity contribution in [2.75, 3.05) is 6.54 Å². The second-order valence-corrected chi connectivity index (χ2v) is 6.23. The summed E-state index contributed by atoms with van der Waals surface area (Å²) in [7, 11) is 0. The lowest BCUT2D eigenvalue weighted by molar-refractivity contribution is -0.145. The highest BCUT2D eigenvalue weighted by Crippen LogP contribution is 2.33. The Kier molecular flexibility index (Phi) is 4.31. The number of fused-ring (bicyclic) bond motifs is 1. The summed E-state index contributed by atoms with van der Waals surface area (Å²) in [5.74, 6) is -6.29. The molecule has 1 aliphatic carbocycles. The number of halogens is 4. The Morgan fingerprint density at radius 2 is 1.96 bits per heavy atom. The van der Waals surface area contributed by atoms with Crippen molar-refractivity contribution in [3.63, 3.8) is 0 Å². The Morgan fingerprint density at radius 1 is 1.22 bits per heavy atom. The highest BCUT2D eigenvalue weighted by atomic mass is 19.3. The molecule has 0 aromatic heterocycles. The average Bonchev–Trinajstić information content (AvgIpc) is 2.80. The molecule has 7 heteroatoms. The Balaban J connectivity index is 1.62. The fourth-order valence-corrected chi connectivity index (χ4v) is 3.30. The van der Waals surface area contributed by atoms with Crippen LogP contribution in [0.4, 0.5) is 17.6 Å². The van der Waals surface area contributed by atoms with E-state index >= 15 is 0 Å². The minimum Gasteiger partial charge on any atom is -0.347 e. The standard InChI is InChI=1S/C16H18F4N2O/c17-12-6-9-3-4-14(11(9)7-13(12)18)21-8-10-2-1-5-16(19,20)15(23)22-10/h6-7,10,14,21H,1-5,8H2,(H,22,23). The molecule has 2 N–H and O–H groups in total. The second kappa shape index (κ2) is 6.11. The van der Waals surface area contributed by atoms with Crippen molar-refractivity contribution < 1.29 is 22.4 Å². The molecule has 3 rings (SSSR count). The van der Waals surface area contributed by atoms with E-state index in [0.717, 1.165) is 5.56 Å². The van der Waals surface area contributed by atoms with E-state index in [0.29, 0.717) is 31.4 Å². The average molecular weight is 330 g/mol. The summed E-state index contributed by atoms with van der Waals surface area (Å²) in [6, 6.07) is 1.86. The van der Waals surface area contributed by atoms with Gasteiger partial charge in [0, 0.05) is 25.0 Å². The van der Waals surface area contributed by atoms with E-state index in [4.69, 9.17) is 0 Å². The number of hydrogen-bond donors (Lipinski definition) is 2. The van der Waals surface area contributed by atoms with Crippen LogP contribution in [-0.4, -0.2) is 24.4 Å². The van der Waals surface area contributed by atoms with Gasteiger partial charge in [-0.3, -0.25) is 4.79 Å². The molecule has 2 unspecified atom stereocenters. The fourth-order valence-electron chi connectivity index (χ4n) is 3.30. The van der Waals surface area contributed by atoms with Gasteiger partial charge in [-0.2, -0.15) is 8.78 Å². The number of hydrogen-bond acceptors (Lipinski definition) is 2. The molecule has 0 bridgehead atoms. The molecule has 1 amide bonds. The van der Waals surface area contributed by atoms with Crippen LogP contribution in [-0.2, 0) is 11.2 Å². The topological polar surface area (TPSA) is 41.1 Å². The van der Waals surface area contributed by atoms with Gasteiger partial charge in [0.2, 0.25) is 0 Å². The third-order valence-corrected chi connectivity index (χ3v) is 4.58. The number of aryl methyl sites for hydroxylation is 1. The zero-order valence-electron chi connectivity index (χ0n) is 12.5. The number of rotatable bonds is 3. The van der Waals surface area contributed by atoms with Gasteiger partial charge < -0.3 is 10.6 Å². The van der Waals surface area contributed by atoms with Crippen molar-refractivity contribution in [1.29, 1.82) is 0 Å². The van der Waals surface area contributed by atoms with Gasteiger partial charge in [-0.15, -0.1) is 0 Å². The van der Waals surface area contributed by atoms with E-state index in [1.165, 1.54) is 12.1 Å². The number of alkyl halides is 2. The van der Waals surface area contributed by atoms with Crippen LogP contribution in [0.3, 0.4) is 0 Å². The van der Waals surface area contributed by atoms with Crippen molar-refractivity contribution in [2.24, 2.45) is 0 Å². The molecule has 3 nitrogen and oxygen atoms in total. The van der Waals surface area contributed by atoms with Crippen LogP contribution in [0.25, 0.3) is 0 Å². The lowest BCUT2D eigenvalue weighted by atomic mass is 10.1. The van der Waals surface area contributed by atoms with Gasteiger partial charge in [-0.1, -0.05) is 0 Å². The van der Waals surface area contributed by atoms with E-state index in [-0.39, 0.29) is 18.5 Å². The summed E-state index contributed by atoms with van der Waals surface area (Å²) >= 11 is 0.